The largest absolute Gasteiger partial charge is 0.495 e. The van der Waals surface area contributed by atoms with Crippen molar-refractivity contribution in [1.29, 1.82) is 0 Å². The van der Waals surface area contributed by atoms with Gasteiger partial charge in [-0.05, 0) is 48.4 Å². The summed E-state index contributed by atoms with van der Waals surface area (Å²) in [5.41, 5.74) is 2.61. The van der Waals surface area contributed by atoms with E-state index in [1.807, 2.05) is 67.6 Å². The van der Waals surface area contributed by atoms with Gasteiger partial charge in [-0.15, -0.1) is 0 Å². The van der Waals surface area contributed by atoms with Crippen LogP contribution in [0.3, 0.4) is 0 Å². The van der Waals surface area contributed by atoms with Crippen LogP contribution in [0, 0.1) is 6.92 Å². The molecule has 4 aromatic rings. The molecular weight excluding hydrogens is 586 g/mol. The number of aryl methyl sites for hydroxylation is 1. The maximum absolute atomic E-state index is 14.4. The average Bonchev–Trinajstić information content (AvgIpc) is 3.02. The molecule has 2 amide bonds. The molecule has 8 nitrogen and oxygen atoms in total. The van der Waals surface area contributed by atoms with Crippen molar-refractivity contribution in [2.75, 3.05) is 25.0 Å². The number of anilines is 1. The number of methoxy groups -OCH3 is 1. The van der Waals surface area contributed by atoms with Crippen molar-refractivity contribution in [2.24, 2.45) is 0 Å². The molecular formula is C33H34ClN3O5S. The maximum atomic E-state index is 14.4. The van der Waals surface area contributed by atoms with Crippen molar-refractivity contribution in [1.82, 2.24) is 10.2 Å². The van der Waals surface area contributed by atoms with Crippen LogP contribution in [0.5, 0.6) is 5.75 Å². The third-order valence-electron chi connectivity index (χ3n) is 7.01. The highest BCUT2D eigenvalue weighted by atomic mass is 35.5. The summed E-state index contributed by atoms with van der Waals surface area (Å²) < 4.78 is 34.8. The molecule has 4 rings (SSSR count). The van der Waals surface area contributed by atoms with Crippen molar-refractivity contribution in [3.05, 3.63) is 125 Å². The van der Waals surface area contributed by atoms with Crippen LogP contribution in [0.4, 0.5) is 5.69 Å². The van der Waals surface area contributed by atoms with E-state index in [1.54, 1.807) is 24.3 Å². The minimum Gasteiger partial charge on any atom is -0.495 e. The van der Waals surface area contributed by atoms with Crippen LogP contribution in [-0.2, 0) is 32.6 Å². The number of ether oxygens (including phenoxy) is 1. The molecule has 0 spiro atoms. The summed E-state index contributed by atoms with van der Waals surface area (Å²) in [5, 5.41) is 2.94. The third-order valence-corrected chi connectivity index (χ3v) is 9.02. The predicted octanol–water partition coefficient (Wildman–Crippen LogP) is 5.24. The summed E-state index contributed by atoms with van der Waals surface area (Å²) in [6.07, 6.45) is 0.226. The molecule has 0 heterocycles. The second kappa shape index (κ2) is 14.2. The number of benzene rings is 4. The number of hydrogen-bond acceptors (Lipinski definition) is 5. The lowest BCUT2D eigenvalue weighted by Gasteiger charge is -2.34. The fourth-order valence-corrected chi connectivity index (χ4v) is 6.29. The van der Waals surface area contributed by atoms with Gasteiger partial charge in [-0.2, -0.15) is 0 Å². The minimum atomic E-state index is -4.29. The number of rotatable bonds is 12. The van der Waals surface area contributed by atoms with E-state index in [0.29, 0.717) is 0 Å². The highest BCUT2D eigenvalue weighted by Crippen LogP contribution is 2.35. The smallest absolute Gasteiger partial charge is 0.264 e. The highest BCUT2D eigenvalue weighted by molar-refractivity contribution is 7.92. The van der Waals surface area contributed by atoms with Crippen LogP contribution >= 0.6 is 11.6 Å². The second-order valence-electron chi connectivity index (χ2n) is 9.97. The number of sulfonamides is 1. The van der Waals surface area contributed by atoms with Gasteiger partial charge in [0.2, 0.25) is 11.8 Å². The lowest BCUT2D eigenvalue weighted by molar-refractivity contribution is -0.139. The van der Waals surface area contributed by atoms with Crippen LogP contribution in [0.2, 0.25) is 5.02 Å². The average molecular weight is 620 g/mol. The quantitative estimate of drug-likeness (QED) is 0.234. The molecule has 224 valence electrons. The van der Waals surface area contributed by atoms with Gasteiger partial charge in [0.1, 0.15) is 18.3 Å². The summed E-state index contributed by atoms with van der Waals surface area (Å²) in [4.78, 5) is 29.1. The van der Waals surface area contributed by atoms with Crippen molar-refractivity contribution in [3.8, 4) is 5.75 Å². The standard InChI is InChI=1S/C33H34ClN3O5S/c1-24-14-17-28(18-15-24)43(40,41)37(29-21-27(34)16-19-31(29)42-3)23-32(38)36(22-26-12-8-5-9-13-26)30(33(39)35-2)20-25-10-6-4-7-11-25/h4-19,21,30H,20,22-23H2,1-3H3,(H,35,39). The summed E-state index contributed by atoms with van der Waals surface area (Å²) in [5.74, 6) is -0.734. The van der Waals surface area contributed by atoms with E-state index in [0.717, 1.165) is 21.0 Å². The van der Waals surface area contributed by atoms with Crippen LogP contribution < -0.4 is 14.4 Å². The van der Waals surface area contributed by atoms with Gasteiger partial charge in [0, 0.05) is 25.0 Å². The van der Waals surface area contributed by atoms with Crippen LogP contribution in [-0.4, -0.2) is 51.9 Å². The van der Waals surface area contributed by atoms with Crippen molar-refractivity contribution in [2.45, 2.75) is 30.8 Å². The van der Waals surface area contributed by atoms with Gasteiger partial charge in [-0.25, -0.2) is 8.42 Å². The van der Waals surface area contributed by atoms with E-state index < -0.39 is 28.5 Å². The zero-order valence-electron chi connectivity index (χ0n) is 24.2. The summed E-state index contributed by atoms with van der Waals surface area (Å²) in [6.45, 7) is 1.32. The molecule has 0 fully saturated rings. The second-order valence-corrected chi connectivity index (χ2v) is 12.3. The van der Waals surface area contributed by atoms with Gasteiger partial charge in [-0.3, -0.25) is 13.9 Å². The van der Waals surface area contributed by atoms with Gasteiger partial charge in [0.25, 0.3) is 10.0 Å². The Bertz CT molecular complexity index is 1650. The monoisotopic (exact) mass is 619 g/mol. The summed E-state index contributed by atoms with van der Waals surface area (Å²) in [6, 6.07) is 28.6. The number of nitrogens with one attached hydrogen (secondary N) is 1. The lowest BCUT2D eigenvalue weighted by atomic mass is 10.0. The first-order valence-electron chi connectivity index (χ1n) is 13.7. The molecule has 43 heavy (non-hydrogen) atoms. The zero-order chi connectivity index (χ0) is 31.0. The lowest BCUT2D eigenvalue weighted by Crippen LogP contribution is -2.53. The maximum Gasteiger partial charge on any atom is 0.264 e. The topological polar surface area (TPSA) is 96.0 Å². The molecule has 1 N–H and O–H groups in total. The normalized spacial score (nSPS) is 11.8. The Labute approximate surface area is 257 Å². The van der Waals surface area contributed by atoms with Gasteiger partial charge >= 0.3 is 0 Å². The van der Waals surface area contributed by atoms with E-state index in [-0.39, 0.29) is 40.2 Å². The molecule has 0 aromatic heterocycles. The molecule has 1 unspecified atom stereocenters. The molecule has 0 saturated heterocycles. The van der Waals surface area contributed by atoms with Crippen LogP contribution in [0.1, 0.15) is 16.7 Å². The number of halogens is 1. The van der Waals surface area contributed by atoms with Crippen molar-refractivity contribution < 1.29 is 22.7 Å². The number of hydrogen-bond donors (Lipinski definition) is 1. The first-order chi connectivity index (χ1) is 20.6. The Morgan fingerprint density at radius 2 is 1.49 bits per heavy atom. The van der Waals surface area contributed by atoms with E-state index in [4.69, 9.17) is 16.3 Å². The number of nitrogens with zero attached hydrogens (tertiary/aromatic N) is 2. The van der Waals surface area contributed by atoms with Crippen LogP contribution in [0.15, 0.2) is 108 Å². The Morgan fingerprint density at radius 1 is 0.884 bits per heavy atom. The van der Waals surface area contributed by atoms with Gasteiger partial charge < -0.3 is 15.0 Å². The van der Waals surface area contributed by atoms with E-state index in [1.165, 1.54) is 37.3 Å². The van der Waals surface area contributed by atoms with E-state index in [9.17, 15) is 18.0 Å². The molecule has 10 heteroatoms. The molecule has 0 aliphatic carbocycles. The number of likely N-dealkylation sites (N-methyl/N-ethyl adjacent to an activating group) is 1. The number of amides is 2. The zero-order valence-corrected chi connectivity index (χ0v) is 25.8. The fraction of sp³-hybridized carbons (Fsp3) is 0.212. The first-order valence-corrected chi connectivity index (χ1v) is 15.5. The van der Waals surface area contributed by atoms with Gasteiger partial charge in [0.05, 0.1) is 17.7 Å². The highest BCUT2D eigenvalue weighted by Gasteiger charge is 2.35. The Hall–Kier alpha value is -4.34. The molecule has 0 aliphatic rings. The SMILES string of the molecule is CNC(=O)C(Cc1ccccc1)N(Cc1ccccc1)C(=O)CN(c1cc(Cl)ccc1OC)S(=O)(=O)c1ccc(C)cc1. The first kappa shape index (κ1) is 31.6. The predicted molar refractivity (Wildman–Crippen MR) is 169 cm³/mol. The molecule has 1 atom stereocenters. The fourth-order valence-electron chi connectivity index (χ4n) is 4.71. The van der Waals surface area contributed by atoms with Crippen LogP contribution in [0.25, 0.3) is 0 Å². The molecule has 0 aliphatic heterocycles. The summed E-state index contributed by atoms with van der Waals surface area (Å²) in [7, 11) is -1.36. The van der Waals surface area contributed by atoms with E-state index >= 15 is 0 Å². The van der Waals surface area contributed by atoms with Gasteiger partial charge in [-0.1, -0.05) is 90.0 Å². The molecule has 0 saturated carbocycles. The van der Waals surface area contributed by atoms with Gasteiger partial charge in [0.15, 0.2) is 0 Å². The minimum absolute atomic E-state index is 0.00493. The summed E-state index contributed by atoms with van der Waals surface area (Å²) >= 11 is 6.32. The van der Waals surface area contributed by atoms with Crippen molar-refractivity contribution >= 4 is 39.1 Å². The molecule has 0 bridgehead atoms. The Balaban J connectivity index is 1.83. The van der Waals surface area contributed by atoms with E-state index in [2.05, 4.69) is 5.32 Å². The Morgan fingerprint density at radius 3 is 2.07 bits per heavy atom. The number of carbonyl (C=O) groups is 2. The Kier molecular flexibility index (Phi) is 10.4. The number of carbonyl (C=O) groups excluding carboxylic acids is 2. The molecule has 0 radical (unpaired) electrons. The van der Waals surface area contributed by atoms with Crippen molar-refractivity contribution in [3.63, 3.8) is 0 Å². The third kappa shape index (κ3) is 7.74. The molecule has 4 aromatic carbocycles.